The van der Waals surface area contributed by atoms with Gasteiger partial charge in [0.05, 0.1) is 24.1 Å². The number of carbonyl (C=O) groups is 2. The number of amides is 1. The highest BCUT2D eigenvalue weighted by Crippen LogP contribution is 2.31. The van der Waals surface area contributed by atoms with E-state index in [-0.39, 0.29) is 23.6 Å². The lowest BCUT2D eigenvalue weighted by atomic mass is 10.0. The van der Waals surface area contributed by atoms with Crippen LogP contribution in [0.4, 0.5) is 5.69 Å². The number of fused-ring (bicyclic) bond motifs is 1. The van der Waals surface area contributed by atoms with E-state index in [1.54, 1.807) is 28.5 Å². The quantitative estimate of drug-likeness (QED) is 0.445. The molecule has 1 aliphatic heterocycles. The van der Waals surface area contributed by atoms with Crippen molar-refractivity contribution in [1.29, 1.82) is 0 Å². The van der Waals surface area contributed by atoms with Crippen LogP contribution in [0.1, 0.15) is 39.8 Å². The summed E-state index contributed by atoms with van der Waals surface area (Å²) in [7, 11) is 3.99. The van der Waals surface area contributed by atoms with Crippen LogP contribution in [-0.2, 0) is 11.3 Å². The van der Waals surface area contributed by atoms with E-state index in [0.29, 0.717) is 44.2 Å². The number of hydrogen-bond donors (Lipinski definition) is 0. The van der Waals surface area contributed by atoms with E-state index in [2.05, 4.69) is 4.90 Å². The average Bonchev–Trinajstić information content (AvgIpc) is 3.39. The van der Waals surface area contributed by atoms with Gasteiger partial charge in [-0.2, -0.15) is 0 Å². The molecule has 192 valence electrons. The molecule has 0 saturated carbocycles. The molecular formula is C27H34N4O5. The standard InChI is InChI=1S/C27H34N4O5/c1-5-35-27(34)23-24(29-13-15-30(16-14-29)25(32)22-8-6-17-36-22)20-18-19(2)9-10-21(20)31(26(23)33)12-7-11-28(3)4/h6,8-10,17-18H,5,7,11-16H2,1-4H3. The van der Waals surface area contributed by atoms with Crippen LogP contribution in [0.15, 0.2) is 45.8 Å². The largest absolute Gasteiger partial charge is 0.462 e. The monoisotopic (exact) mass is 494 g/mol. The SMILES string of the molecule is CCOC(=O)c1c(N2CCN(C(=O)c3ccco3)CC2)c2cc(C)ccc2n(CCCN(C)C)c1=O. The van der Waals surface area contributed by atoms with Gasteiger partial charge >= 0.3 is 5.97 Å². The van der Waals surface area contributed by atoms with E-state index in [1.165, 1.54) is 6.26 Å². The zero-order valence-electron chi connectivity index (χ0n) is 21.5. The number of rotatable bonds is 8. The molecular weight excluding hydrogens is 460 g/mol. The highest BCUT2D eigenvalue weighted by atomic mass is 16.5. The van der Waals surface area contributed by atoms with Gasteiger partial charge in [-0.3, -0.25) is 9.59 Å². The van der Waals surface area contributed by atoms with Crippen LogP contribution in [0.3, 0.4) is 0 Å². The van der Waals surface area contributed by atoms with Gasteiger partial charge in [0, 0.05) is 38.1 Å². The van der Waals surface area contributed by atoms with Crippen LogP contribution in [0, 0.1) is 6.92 Å². The molecule has 0 N–H and O–H groups in total. The van der Waals surface area contributed by atoms with Crippen LogP contribution in [0.25, 0.3) is 10.9 Å². The maximum absolute atomic E-state index is 13.8. The lowest BCUT2D eigenvalue weighted by Gasteiger charge is -2.37. The maximum atomic E-state index is 13.8. The Hall–Kier alpha value is -3.59. The van der Waals surface area contributed by atoms with Gasteiger partial charge in [0.25, 0.3) is 11.5 Å². The average molecular weight is 495 g/mol. The predicted octanol–water partition coefficient (Wildman–Crippen LogP) is 2.99. The molecule has 0 bridgehead atoms. The summed E-state index contributed by atoms with van der Waals surface area (Å²) >= 11 is 0. The third-order valence-corrected chi connectivity index (χ3v) is 6.48. The summed E-state index contributed by atoms with van der Waals surface area (Å²) in [4.78, 5) is 45.6. The number of benzene rings is 1. The van der Waals surface area contributed by atoms with Crippen molar-refractivity contribution in [3.63, 3.8) is 0 Å². The third-order valence-electron chi connectivity index (χ3n) is 6.48. The lowest BCUT2D eigenvalue weighted by molar-refractivity contribution is 0.0523. The Morgan fingerprint density at radius 2 is 1.86 bits per heavy atom. The van der Waals surface area contributed by atoms with E-state index >= 15 is 0 Å². The number of nitrogens with zero attached hydrogens (tertiary/aromatic N) is 4. The first-order chi connectivity index (χ1) is 17.3. The molecule has 3 heterocycles. The van der Waals surface area contributed by atoms with Gasteiger partial charge in [-0.05, 0) is 65.2 Å². The summed E-state index contributed by atoms with van der Waals surface area (Å²) < 4.78 is 12.3. The zero-order valence-corrected chi connectivity index (χ0v) is 21.5. The Morgan fingerprint density at radius 3 is 2.50 bits per heavy atom. The molecule has 0 atom stereocenters. The number of hydrogen-bond acceptors (Lipinski definition) is 7. The van der Waals surface area contributed by atoms with Crippen molar-refractivity contribution in [2.45, 2.75) is 26.8 Å². The minimum atomic E-state index is -0.614. The first-order valence-electron chi connectivity index (χ1n) is 12.4. The Kier molecular flexibility index (Phi) is 7.79. The molecule has 36 heavy (non-hydrogen) atoms. The van der Waals surface area contributed by atoms with Crippen LogP contribution in [0.2, 0.25) is 0 Å². The highest BCUT2D eigenvalue weighted by Gasteiger charge is 2.30. The summed E-state index contributed by atoms with van der Waals surface area (Å²) in [5.41, 5.74) is 2.13. The molecule has 3 aromatic rings. The number of furan rings is 1. The molecule has 1 aromatic carbocycles. The van der Waals surface area contributed by atoms with Gasteiger partial charge in [-0.1, -0.05) is 11.6 Å². The van der Waals surface area contributed by atoms with Gasteiger partial charge in [0.1, 0.15) is 5.56 Å². The molecule has 0 radical (unpaired) electrons. The van der Waals surface area contributed by atoms with Crippen molar-refractivity contribution < 1.29 is 18.7 Å². The van der Waals surface area contributed by atoms with E-state index in [9.17, 15) is 14.4 Å². The van der Waals surface area contributed by atoms with Crippen LogP contribution in [-0.4, -0.2) is 79.7 Å². The van der Waals surface area contributed by atoms with Crippen molar-refractivity contribution >= 4 is 28.5 Å². The van der Waals surface area contributed by atoms with Crippen molar-refractivity contribution in [2.75, 3.05) is 58.3 Å². The molecule has 0 spiro atoms. The summed E-state index contributed by atoms with van der Waals surface area (Å²) in [5.74, 6) is -0.476. The number of anilines is 1. The summed E-state index contributed by atoms with van der Waals surface area (Å²) in [6, 6.07) is 9.31. The van der Waals surface area contributed by atoms with Crippen molar-refractivity contribution in [2.24, 2.45) is 0 Å². The van der Waals surface area contributed by atoms with Gasteiger partial charge in [-0.25, -0.2) is 4.79 Å². The van der Waals surface area contributed by atoms with Crippen molar-refractivity contribution in [3.8, 4) is 0 Å². The molecule has 0 aliphatic carbocycles. The number of carbonyl (C=O) groups excluding carboxylic acids is 2. The number of pyridine rings is 1. The number of piperazine rings is 1. The van der Waals surface area contributed by atoms with E-state index in [4.69, 9.17) is 9.15 Å². The minimum absolute atomic E-state index is 0.0608. The Bertz CT molecular complexity index is 1290. The molecule has 0 unspecified atom stereocenters. The molecule has 9 nitrogen and oxygen atoms in total. The van der Waals surface area contributed by atoms with Gasteiger partial charge in [0.2, 0.25) is 0 Å². The van der Waals surface area contributed by atoms with Gasteiger partial charge in [0.15, 0.2) is 5.76 Å². The Balaban J connectivity index is 1.76. The number of aromatic nitrogens is 1. The molecule has 9 heteroatoms. The second-order valence-electron chi connectivity index (χ2n) is 9.33. The van der Waals surface area contributed by atoms with Gasteiger partial charge < -0.3 is 28.4 Å². The molecule has 2 aromatic heterocycles. The second-order valence-corrected chi connectivity index (χ2v) is 9.33. The molecule has 1 amide bonds. The first-order valence-corrected chi connectivity index (χ1v) is 12.4. The lowest BCUT2D eigenvalue weighted by Crippen LogP contribution is -2.49. The fraction of sp³-hybridized carbons (Fsp3) is 0.444. The number of esters is 1. The molecule has 1 aliphatic rings. The van der Waals surface area contributed by atoms with E-state index in [1.807, 2.05) is 44.1 Å². The van der Waals surface area contributed by atoms with Crippen LogP contribution < -0.4 is 10.5 Å². The molecule has 1 fully saturated rings. The Morgan fingerprint density at radius 1 is 1.11 bits per heavy atom. The predicted molar refractivity (Wildman–Crippen MR) is 139 cm³/mol. The highest BCUT2D eigenvalue weighted by molar-refractivity contribution is 6.05. The summed E-state index contributed by atoms with van der Waals surface area (Å²) in [6.07, 6.45) is 2.25. The Labute approximate surface area is 210 Å². The van der Waals surface area contributed by atoms with E-state index < -0.39 is 5.97 Å². The van der Waals surface area contributed by atoms with Gasteiger partial charge in [-0.15, -0.1) is 0 Å². The summed E-state index contributed by atoms with van der Waals surface area (Å²) in [6.45, 7) is 7.07. The fourth-order valence-electron chi connectivity index (χ4n) is 4.73. The van der Waals surface area contributed by atoms with E-state index in [0.717, 1.165) is 29.4 Å². The number of aryl methyl sites for hydroxylation is 2. The third kappa shape index (κ3) is 5.16. The first kappa shape index (κ1) is 25.5. The molecule has 4 rings (SSSR count). The van der Waals surface area contributed by atoms with Crippen molar-refractivity contribution in [3.05, 3.63) is 63.8 Å². The normalized spacial score (nSPS) is 14.0. The van der Waals surface area contributed by atoms with Crippen molar-refractivity contribution in [1.82, 2.24) is 14.4 Å². The maximum Gasteiger partial charge on any atom is 0.345 e. The van der Waals surface area contributed by atoms with Crippen LogP contribution >= 0.6 is 0 Å². The zero-order chi connectivity index (χ0) is 25.8. The van der Waals surface area contributed by atoms with Crippen LogP contribution in [0.5, 0.6) is 0 Å². The second kappa shape index (κ2) is 11.0. The fourth-order valence-corrected chi connectivity index (χ4v) is 4.73. The summed E-state index contributed by atoms with van der Waals surface area (Å²) in [5, 5.41) is 0.841. The number of ether oxygens (including phenoxy) is 1. The topological polar surface area (TPSA) is 88.2 Å². The smallest absolute Gasteiger partial charge is 0.345 e. The minimum Gasteiger partial charge on any atom is -0.462 e. The molecule has 1 saturated heterocycles.